The zero-order valence-corrected chi connectivity index (χ0v) is 19.4. The average molecular weight is 474 g/mol. The molecule has 0 saturated heterocycles. The Hall–Kier alpha value is -1.94. The molecule has 1 unspecified atom stereocenters. The van der Waals surface area contributed by atoms with Crippen LogP contribution in [0.4, 0.5) is 10.2 Å². The van der Waals surface area contributed by atoms with Gasteiger partial charge in [-0.05, 0) is 37.6 Å². The van der Waals surface area contributed by atoms with E-state index in [1.807, 2.05) is 6.92 Å². The van der Waals surface area contributed by atoms with Crippen LogP contribution >= 0.6 is 23.2 Å². The van der Waals surface area contributed by atoms with Gasteiger partial charge in [0.05, 0.1) is 16.8 Å². The third-order valence-corrected chi connectivity index (χ3v) is 6.97. The van der Waals surface area contributed by atoms with Gasteiger partial charge in [0.1, 0.15) is 21.7 Å². The Balaban J connectivity index is 2.38. The number of nitrogens with zero attached hydrogens (tertiary/aromatic N) is 3. The second kappa shape index (κ2) is 7.96. The molecule has 0 fully saturated rings. The highest BCUT2D eigenvalue weighted by Crippen LogP contribution is 2.40. The van der Waals surface area contributed by atoms with E-state index in [4.69, 9.17) is 23.2 Å². The van der Waals surface area contributed by atoms with E-state index in [1.54, 1.807) is 0 Å². The lowest BCUT2D eigenvalue weighted by molar-refractivity contribution is 0.358. The molecule has 2 aromatic heterocycles. The van der Waals surface area contributed by atoms with E-state index in [2.05, 4.69) is 40.9 Å². The zero-order chi connectivity index (χ0) is 22.4. The number of fused-ring (bicyclic) bond motifs is 1. The first kappa shape index (κ1) is 22.7. The van der Waals surface area contributed by atoms with Crippen molar-refractivity contribution in [1.82, 2.24) is 19.3 Å². The number of benzene rings is 1. The normalized spacial score (nSPS) is 13.6. The minimum Gasteiger partial charge on any atom is -0.366 e. The lowest BCUT2D eigenvalue weighted by Gasteiger charge is -2.30. The Bertz CT molecular complexity index is 1220. The van der Waals surface area contributed by atoms with E-state index in [1.165, 1.54) is 36.0 Å². The molecule has 0 saturated carbocycles. The fourth-order valence-corrected chi connectivity index (χ4v) is 4.04. The molecule has 0 aliphatic carbocycles. The molecule has 0 amide bonds. The van der Waals surface area contributed by atoms with E-state index in [0.717, 1.165) is 0 Å². The second-order valence-corrected chi connectivity index (χ2v) is 10.6. The molecular weight excluding hydrogens is 452 g/mol. The highest BCUT2D eigenvalue weighted by Gasteiger charge is 2.28. The lowest BCUT2D eigenvalue weighted by atomic mass is 9.88. The van der Waals surface area contributed by atoms with Crippen LogP contribution in [0.25, 0.3) is 16.8 Å². The SMILES string of the molecule is CNS(=O)(=O)c1cnn2c(NC(C)C(C)(C)C)c(-c3ccc(F)cc3Cl)c(Cl)nc12. The van der Waals surface area contributed by atoms with Crippen LogP contribution in [-0.4, -0.2) is 36.1 Å². The molecule has 3 aromatic rings. The quantitative estimate of drug-likeness (QED) is 0.528. The maximum absolute atomic E-state index is 13.6. The largest absolute Gasteiger partial charge is 0.366 e. The van der Waals surface area contributed by atoms with Crippen molar-refractivity contribution in [2.75, 3.05) is 12.4 Å². The predicted molar refractivity (Wildman–Crippen MR) is 117 cm³/mol. The first-order valence-corrected chi connectivity index (χ1v) is 11.3. The summed E-state index contributed by atoms with van der Waals surface area (Å²) in [6.45, 7) is 8.13. The Morgan fingerprint density at radius 2 is 1.90 bits per heavy atom. The van der Waals surface area contributed by atoms with Crippen LogP contribution in [0, 0.1) is 11.2 Å². The Morgan fingerprint density at radius 3 is 2.47 bits per heavy atom. The van der Waals surface area contributed by atoms with Crippen molar-refractivity contribution in [3.63, 3.8) is 0 Å². The van der Waals surface area contributed by atoms with Crippen molar-refractivity contribution in [1.29, 1.82) is 0 Å². The third-order valence-electron chi connectivity index (χ3n) is 4.98. The summed E-state index contributed by atoms with van der Waals surface area (Å²) in [7, 11) is -2.52. The summed E-state index contributed by atoms with van der Waals surface area (Å²) in [4.78, 5) is 4.16. The van der Waals surface area contributed by atoms with Gasteiger partial charge >= 0.3 is 0 Å². The summed E-state index contributed by atoms with van der Waals surface area (Å²) in [6.07, 6.45) is 1.20. The fourth-order valence-electron chi connectivity index (χ4n) is 2.73. The van der Waals surface area contributed by atoms with Gasteiger partial charge in [-0.1, -0.05) is 44.0 Å². The summed E-state index contributed by atoms with van der Waals surface area (Å²) in [6, 6.07) is 3.85. The maximum Gasteiger partial charge on any atom is 0.245 e. The van der Waals surface area contributed by atoms with Gasteiger partial charge in [0.25, 0.3) is 0 Å². The highest BCUT2D eigenvalue weighted by atomic mass is 35.5. The Kier molecular flexibility index (Phi) is 6.03. The van der Waals surface area contributed by atoms with Gasteiger partial charge in [0.2, 0.25) is 10.0 Å². The number of anilines is 1. The molecule has 0 radical (unpaired) electrons. The van der Waals surface area contributed by atoms with Gasteiger partial charge in [0.15, 0.2) is 5.65 Å². The van der Waals surface area contributed by atoms with Gasteiger partial charge in [-0.2, -0.15) is 9.61 Å². The molecule has 1 atom stereocenters. The summed E-state index contributed by atoms with van der Waals surface area (Å²) in [5.74, 6) is -0.0912. The molecule has 0 bridgehead atoms. The van der Waals surface area contributed by atoms with Crippen LogP contribution in [0.2, 0.25) is 10.2 Å². The van der Waals surface area contributed by atoms with Crippen LogP contribution < -0.4 is 10.0 Å². The Morgan fingerprint density at radius 1 is 1.23 bits per heavy atom. The molecule has 3 rings (SSSR count). The Labute approximate surface area is 184 Å². The molecule has 0 aliphatic heterocycles. The minimum atomic E-state index is -3.82. The van der Waals surface area contributed by atoms with Crippen LogP contribution in [0.1, 0.15) is 27.7 Å². The van der Waals surface area contributed by atoms with Crippen molar-refractivity contribution in [2.45, 2.75) is 38.6 Å². The van der Waals surface area contributed by atoms with Crippen molar-refractivity contribution >= 4 is 44.7 Å². The van der Waals surface area contributed by atoms with E-state index < -0.39 is 15.8 Å². The topological polar surface area (TPSA) is 88.4 Å². The standard InChI is InChI=1S/C19H22Cl2FN5O2S/c1-10(19(2,3)4)25-18-15(12-7-6-11(22)8-13(12)20)16(21)26-17-14(9-24-27(17)18)30(28,29)23-5/h6-10,23,25H,1-5H3. The number of sulfonamides is 1. The summed E-state index contributed by atoms with van der Waals surface area (Å²) >= 11 is 12.8. The van der Waals surface area contributed by atoms with E-state index >= 15 is 0 Å². The van der Waals surface area contributed by atoms with Crippen LogP contribution in [-0.2, 0) is 10.0 Å². The van der Waals surface area contributed by atoms with Gasteiger partial charge in [0, 0.05) is 11.6 Å². The first-order chi connectivity index (χ1) is 13.9. The molecule has 7 nitrogen and oxygen atoms in total. The number of nitrogens with one attached hydrogen (secondary N) is 2. The van der Waals surface area contributed by atoms with Crippen molar-refractivity contribution < 1.29 is 12.8 Å². The summed E-state index contributed by atoms with van der Waals surface area (Å²) in [5.41, 5.74) is 0.732. The number of aromatic nitrogens is 3. The average Bonchev–Trinajstić information content (AvgIpc) is 3.06. The van der Waals surface area contributed by atoms with Gasteiger partial charge < -0.3 is 5.32 Å². The smallest absolute Gasteiger partial charge is 0.245 e. The molecule has 2 N–H and O–H groups in total. The lowest BCUT2D eigenvalue weighted by Crippen LogP contribution is -2.32. The van der Waals surface area contributed by atoms with E-state index in [-0.39, 0.29) is 32.2 Å². The van der Waals surface area contributed by atoms with Crippen LogP contribution in [0.5, 0.6) is 0 Å². The molecule has 2 heterocycles. The number of hydrogen-bond donors (Lipinski definition) is 2. The molecule has 0 aliphatic rings. The summed E-state index contributed by atoms with van der Waals surface area (Å²) < 4.78 is 42.0. The molecule has 1 aromatic carbocycles. The second-order valence-electron chi connectivity index (χ2n) is 7.93. The molecule has 11 heteroatoms. The van der Waals surface area contributed by atoms with E-state index in [0.29, 0.717) is 16.9 Å². The molecule has 162 valence electrons. The molecular formula is C19H22Cl2FN5O2S. The zero-order valence-electron chi connectivity index (χ0n) is 17.1. The maximum atomic E-state index is 13.6. The van der Waals surface area contributed by atoms with Crippen LogP contribution in [0.15, 0.2) is 29.3 Å². The summed E-state index contributed by atoms with van der Waals surface area (Å²) in [5, 5.41) is 7.75. The van der Waals surface area contributed by atoms with Gasteiger partial charge in [-0.15, -0.1) is 0 Å². The number of rotatable bonds is 5. The van der Waals surface area contributed by atoms with Gasteiger partial charge in [-0.25, -0.2) is 22.5 Å². The third kappa shape index (κ3) is 4.12. The van der Waals surface area contributed by atoms with Crippen LogP contribution in [0.3, 0.4) is 0 Å². The fraction of sp³-hybridized carbons (Fsp3) is 0.368. The minimum absolute atomic E-state index is 0.00710. The highest BCUT2D eigenvalue weighted by molar-refractivity contribution is 7.89. The molecule has 0 spiro atoms. The van der Waals surface area contributed by atoms with Crippen molar-refractivity contribution in [2.24, 2.45) is 5.41 Å². The van der Waals surface area contributed by atoms with E-state index in [9.17, 15) is 12.8 Å². The number of hydrogen-bond acceptors (Lipinski definition) is 5. The number of halogens is 3. The first-order valence-electron chi connectivity index (χ1n) is 9.09. The predicted octanol–water partition coefficient (Wildman–Crippen LogP) is 4.60. The monoisotopic (exact) mass is 473 g/mol. The van der Waals surface area contributed by atoms with Crippen molar-refractivity contribution in [3.8, 4) is 11.1 Å². The van der Waals surface area contributed by atoms with Gasteiger partial charge in [-0.3, -0.25) is 0 Å². The van der Waals surface area contributed by atoms with Crippen molar-refractivity contribution in [3.05, 3.63) is 40.4 Å². The molecule has 30 heavy (non-hydrogen) atoms.